The largest absolute Gasteiger partial charge is 0.398 e. The van der Waals surface area contributed by atoms with E-state index >= 15 is 0 Å². The van der Waals surface area contributed by atoms with E-state index in [0.29, 0.717) is 4.47 Å². The van der Waals surface area contributed by atoms with Crippen molar-refractivity contribution in [3.63, 3.8) is 0 Å². The lowest BCUT2D eigenvalue weighted by molar-refractivity contribution is 0.582. The number of hydrogen-bond donors (Lipinski definition) is 2. The van der Waals surface area contributed by atoms with Crippen LogP contribution in [-0.4, -0.2) is 8.42 Å². The Kier molecular flexibility index (Phi) is 4.06. The van der Waals surface area contributed by atoms with Gasteiger partial charge in [0.2, 0.25) is 10.0 Å². The van der Waals surface area contributed by atoms with Crippen LogP contribution in [0.1, 0.15) is 4.88 Å². The van der Waals surface area contributed by atoms with Gasteiger partial charge in [0.05, 0.1) is 5.69 Å². The lowest BCUT2D eigenvalue weighted by atomic mass is 10.3. The molecular weight excluding hydrogens is 336 g/mol. The van der Waals surface area contributed by atoms with Crippen molar-refractivity contribution >= 4 is 43.0 Å². The van der Waals surface area contributed by atoms with Gasteiger partial charge in [0, 0.05) is 15.9 Å². The molecule has 7 heteroatoms. The van der Waals surface area contributed by atoms with Crippen LogP contribution >= 0.6 is 27.3 Å². The summed E-state index contributed by atoms with van der Waals surface area (Å²) in [6, 6.07) is 8.50. The van der Waals surface area contributed by atoms with E-state index in [4.69, 9.17) is 5.73 Å². The molecule has 0 atom stereocenters. The first-order chi connectivity index (χ1) is 8.49. The van der Waals surface area contributed by atoms with Gasteiger partial charge in [0.25, 0.3) is 0 Å². The molecule has 0 bridgehead atoms. The second-order valence-electron chi connectivity index (χ2n) is 3.59. The molecule has 2 rings (SSSR count). The summed E-state index contributed by atoms with van der Waals surface area (Å²) in [5.41, 5.74) is 5.92. The van der Waals surface area contributed by atoms with Crippen LogP contribution in [0.3, 0.4) is 0 Å². The van der Waals surface area contributed by atoms with Crippen LogP contribution in [0.2, 0.25) is 0 Å². The lowest BCUT2D eigenvalue weighted by Crippen LogP contribution is -2.23. The van der Waals surface area contributed by atoms with Crippen molar-refractivity contribution in [1.82, 2.24) is 4.72 Å². The number of sulfonamides is 1. The van der Waals surface area contributed by atoms with Gasteiger partial charge in [-0.05, 0) is 29.6 Å². The molecule has 0 aliphatic carbocycles. The quantitative estimate of drug-likeness (QED) is 0.835. The minimum atomic E-state index is -3.59. The fraction of sp³-hybridized carbons (Fsp3) is 0.0909. The van der Waals surface area contributed by atoms with E-state index in [1.54, 1.807) is 12.1 Å². The third kappa shape index (κ3) is 3.11. The molecule has 3 N–H and O–H groups in total. The first kappa shape index (κ1) is 13.5. The van der Waals surface area contributed by atoms with Crippen LogP contribution in [0.25, 0.3) is 0 Å². The molecule has 2 aromatic rings. The summed E-state index contributed by atoms with van der Waals surface area (Å²) < 4.78 is 27.4. The maximum atomic E-state index is 12.1. The van der Waals surface area contributed by atoms with Gasteiger partial charge in [0.15, 0.2) is 0 Å². The van der Waals surface area contributed by atoms with Crippen LogP contribution < -0.4 is 10.5 Å². The molecule has 4 nitrogen and oxygen atoms in total. The van der Waals surface area contributed by atoms with Gasteiger partial charge in [-0.2, -0.15) is 0 Å². The standard InChI is InChI=1S/C11H11BrN2O2S2/c12-8-3-4-10(13)11(6-8)18(15,16)14-7-9-2-1-5-17-9/h1-6,14H,7,13H2. The van der Waals surface area contributed by atoms with Crippen molar-refractivity contribution in [1.29, 1.82) is 0 Å². The number of thiophene rings is 1. The van der Waals surface area contributed by atoms with Crippen LogP contribution in [0.5, 0.6) is 0 Å². The Balaban J connectivity index is 2.22. The summed E-state index contributed by atoms with van der Waals surface area (Å²) in [6.45, 7) is 0.270. The highest BCUT2D eigenvalue weighted by Crippen LogP contribution is 2.23. The number of nitrogens with two attached hydrogens (primary N) is 1. The third-order valence-electron chi connectivity index (χ3n) is 2.28. The van der Waals surface area contributed by atoms with Gasteiger partial charge >= 0.3 is 0 Å². The van der Waals surface area contributed by atoms with Crippen LogP contribution in [0.4, 0.5) is 5.69 Å². The Labute approximate surface area is 118 Å². The molecule has 0 unspecified atom stereocenters. The Bertz CT molecular complexity index is 639. The molecule has 1 aromatic carbocycles. The fourth-order valence-corrected chi connectivity index (χ4v) is 3.81. The summed E-state index contributed by atoms with van der Waals surface area (Å²) in [4.78, 5) is 1.04. The molecule has 96 valence electrons. The van der Waals surface area contributed by atoms with E-state index in [1.807, 2.05) is 17.5 Å². The van der Waals surface area contributed by atoms with Gasteiger partial charge in [-0.3, -0.25) is 0 Å². The van der Waals surface area contributed by atoms with Gasteiger partial charge in [-0.15, -0.1) is 11.3 Å². The predicted molar refractivity (Wildman–Crippen MR) is 76.9 cm³/mol. The molecule has 1 aromatic heterocycles. The SMILES string of the molecule is Nc1ccc(Br)cc1S(=O)(=O)NCc1cccs1. The molecular formula is C11H11BrN2O2S2. The van der Waals surface area contributed by atoms with E-state index in [2.05, 4.69) is 20.7 Å². The molecule has 0 aliphatic heterocycles. The van der Waals surface area contributed by atoms with E-state index in [-0.39, 0.29) is 17.1 Å². The Morgan fingerprint density at radius 1 is 1.33 bits per heavy atom. The average molecular weight is 347 g/mol. The number of halogens is 1. The van der Waals surface area contributed by atoms with Crippen LogP contribution in [0.15, 0.2) is 45.1 Å². The third-order valence-corrected chi connectivity index (χ3v) is 5.11. The Morgan fingerprint density at radius 2 is 2.11 bits per heavy atom. The smallest absolute Gasteiger partial charge is 0.242 e. The molecule has 0 spiro atoms. The summed E-state index contributed by atoms with van der Waals surface area (Å²) in [5, 5.41) is 1.90. The van der Waals surface area contributed by atoms with Crippen molar-refractivity contribution in [3.8, 4) is 0 Å². The van der Waals surface area contributed by atoms with Crippen LogP contribution in [-0.2, 0) is 16.6 Å². The van der Waals surface area contributed by atoms with E-state index in [9.17, 15) is 8.42 Å². The van der Waals surface area contributed by atoms with Gasteiger partial charge in [-0.1, -0.05) is 22.0 Å². The number of rotatable bonds is 4. The first-order valence-electron chi connectivity index (χ1n) is 5.06. The maximum Gasteiger partial charge on any atom is 0.242 e. The van der Waals surface area contributed by atoms with Crippen molar-refractivity contribution in [2.75, 3.05) is 5.73 Å². The van der Waals surface area contributed by atoms with Crippen molar-refractivity contribution in [2.24, 2.45) is 0 Å². The molecule has 0 amide bonds. The number of hydrogen-bond acceptors (Lipinski definition) is 4. The molecule has 0 saturated carbocycles. The molecule has 0 fully saturated rings. The zero-order valence-electron chi connectivity index (χ0n) is 9.26. The second kappa shape index (κ2) is 5.40. The maximum absolute atomic E-state index is 12.1. The van der Waals surface area contributed by atoms with Crippen molar-refractivity contribution < 1.29 is 8.42 Å². The van der Waals surface area contributed by atoms with Crippen LogP contribution in [0, 0.1) is 0 Å². The zero-order chi connectivity index (χ0) is 13.2. The number of anilines is 1. The minimum Gasteiger partial charge on any atom is -0.398 e. The van der Waals surface area contributed by atoms with Crippen molar-refractivity contribution in [3.05, 3.63) is 45.1 Å². The number of benzene rings is 1. The highest BCUT2D eigenvalue weighted by atomic mass is 79.9. The van der Waals surface area contributed by atoms with Gasteiger partial charge in [0.1, 0.15) is 4.90 Å². The highest BCUT2D eigenvalue weighted by Gasteiger charge is 2.17. The molecule has 0 aliphatic rings. The number of nitrogens with one attached hydrogen (secondary N) is 1. The van der Waals surface area contributed by atoms with Gasteiger partial charge < -0.3 is 5.73 Å². The zero-order valence-corrected chi connectivity index (χ0v) is 12.5. The molecule has 1 heterocycles. The summed E-state index contributed by atoms with van der Waals surface area (Å²) in [7, 11) is -3.59. The Morgan fingerprint density at radius 3 is 2.78 bits per heavy atom. The average Bonchev–Trinajstić information content (AvgIpc) is 2.83. The van der Waals surface area contributed by atoms with Crippen molar-refractivity contribution in [2.45, 2.75) is 11.4 Å². The highest BCUT2D eigenvalue weighted by molar-refractivity contribution is 9.10. The fourth-order valence-electron chi connectivity index (χ4n) is 1.40. The van der Waals surface area contributed by atoms with E-state index in [0.717, 1.165) is 4.88 Å². The lowest BCUT2D eigenvalue weighted by Gasteiger charge is -2.08. The van der Waals surface area contributed by atoms with E-state index < -0.39 is 10.0 Å². The topological polar surface area (TPSA) is 72.2 Å². The minimum absolute atomic E-state index is 0.0911. The predicted octanol–water partition coefficient (Wildman–Crippen LogP) is 2.57. The monoisotopic (exact) mass is 346 g/mol. The number of nitrogen functional groups attached to an aromatic ring is 1. The molecule has 0 saturated heterocycles. The summed E-state index contributed by atoms with van der Waals surface area (Å²) in [6.07, 6.45) is 0. The first-order valence-corrected chi connectivity index (χ1v) is 8.22. The summed E-state index contributed by atoms with van der Waals surface area (Å²) in [5.74, 6) is 0. The molecule has 18 heavy (non-hydrogen) atoms. The van der Waals surface area contributed by atoms with E-state index in [1.165, 1.54) is 17.4 Å². The normalized spacial score (nSPS) is 11.6. The summed E-state index contributed by atoms with van der Waals surface area (Å²) >= 11 is 4.73. The second-order valence-corrected chi connectivity index (χ2v) is 7.27. The van der Waals surface area contributed by atoms with Gasteiger partial charge in [-0.25, -0.2) is 13.1 Å². The molecule has 0 radical (unpaired) electrons. The Hall–Kier alpha value is -0.890.